The number of urea groups is 1. The van der Waals surface area contributed by atoms with Crippen molar-refractivity contribution < 1.29 is 14.7 Å². The molecule has 2 atom stereocenters. The van der Waals surface area contributed by atoms with Gasteiger partial charge in [0, 0.05) is 18.6 Å². The van der Waals surface area contributed by atoms with E-state index in [1.54, 1.807) is 6.92 Å². The van der Waals surface area contributed by atoms with Crippen LogP contribution in [0.3, 0.4) is 0 Å². The van der Waals surface area contributed by atoms with Gasteiger partial charge in [0.05, 0.1) is 5.92 Å². The smallest absolute Gasteiger partial charge is 0.317 e. The maximum Gasteiger partial charge on any atom is 0.317 e. The fourth-order valence-electron chi connectivity index (χ4n) is 2.33. The minimum Gasteiger partial charge on any atom is -0.481 e. The Morgan fingerprint density at radius 3 is 2.29 bits per heavy atom. The number of carbonyl (C=O) groups excluding carboxylic acids is 1. The number of carbonyl (C=O) groups is 2. The molecule has 5 nitrogen and oxygen atoms in total. The van der Waals surface area contributed by atoms with E-state index in [1.807, 2.05) is 25.7 Å². The molecule has 0 saturated heterocycles. The number of nitrogens with zero attached hydrogens (tertiary/aromatic N) is 1. The third-order valence-electron chi connectivity index (χ3n) is 4.10. The minimum atomic E-state index is -0.748. The van der Waals surface area contributed by atoms with E-state index in [9.17, 15) is 9.59 Å². The van der Waals surface area contributed by atoms with Crippen molar-refractivity contribution in [2.45, 2.75) is 71.9 Å². The monoisotopic (exact) mass is 298 g/mol. The van der Waals surface area contributed by atoms with Gasteiger partial charge >= 0.3 is 12.0 Å². The molecule has 2 amide bonds. The Morgan fingerprint density at radius 2 is 1.81 bits per heavy atom. The Bertz CT molecular complexity index is 353. The largest absolute Gasteiger partial charge is 0.481 e. The molecule has 0 bridgehead atoms. The molecule has 0 spiro atoms. The van der Waals surface area contributed by atoms with Crippen molar-refractivity contribution in [3.05, 3.63) is 0 Å². The Balaban J connectivity index is 2.29. The van der Waals surface area contributed by atoms with Gasteiger partial charge in [0.2, 0.25) is 0 Å². The predicted octanol–water partition coefficient (Wildman–Crippen LogP) is 3.10. The van der Waals surface area contributed by atoms with Crippen LogP contribution >= 0.6 is 0 Å². The summed E-state index contributed by atoms with van der Waals surface area (Å²) in [6.45, 7) is 8.65. The van der Waals surface area contributed by atoms with E-state index < -0.39 is 5.97 Å². The highest BCUT2D eigenvalue weighted by Gasteiger charge is 2.28. The van der Waals surface area contributed by atoms with Crippen molar-refractivity contribution in [3.63, 3.8) is 0 Å². The molecule has 5 heteroatoms. The van der Waals surface area contributed by atoms with E-state index in [0.29, 0.717) is 12.3 Å². The maximum absolute atomic E-state index is 12.3. The van der Waals surface area contributed by atoms with Crippen molar-refractivity contribution >= 4 is 12.0 Å². The number of rotatable bonds is 9. The second-order valence-electron chi connectivity index (χ2n) is 6.71. The molecule has 122 valence electrons. The van der Waals surface area contributed by atoms with Gasteiger partial charge in [0.25, 0.3) is 0 Å². The Hall–Kier alpha value is -1.26. The van der Waals surface area contributed by atoms with Crippen LogP contribution in [0.15, 0.2) is 0 Å². The summed E-state index contributed by atoms with van der Waals surface area (Å²) in [6, 6.07) is 0.305. The lowest BCUT2D eigenvalue weighted by Crippen LogP contribution is -2.47. The van der Waals surface area contributed by atoms with Gasteiger partial charge in [-0.25, -0.2) is 4.79 Å². The predicted molar refractivity (Wildman–Crippen MR) is 83.2 cm³/mol. The molecule has 1 rings (SSSR count). The maximum atomic E-state index is 12.3. The van der Waals surface area contributed by atoms with E-state index in [-0.39, 0.29) is 24.0 Å². The van der Waals surface area contributed by atoms with Crippen LogP contribution < -0.4 is 5.32 Å². The molecule has 0 aromatic carbocycles. The Morgan fingerprint density at radius 1 is 1.19 bits per heavy atom. The lowest BCUT2D eigenvalue weighted by molar-refractivity contribution is -0.141. The molecule has 0 aliphatic heterocycles. The highest BCUT2D eigenvalue weighted by Crippen LogP contribution is 2.30. The van der Waals surface area contributed by atoms with Crippen molar-refractivity contribution in [1.29, 1.82) is 0 Å². The number of aliphatic carboxylic acids is 1. The molecule has 2 unspecified atom stereocenters. The summed E-state index contributed by atoms with van der Waals surface area (Å²) < 4.78 is 0. The quantitative estimate of drug-likeness (QED) is 0.687. The average Bonchev–Trinajstić information content (AvgIpc) is 3.18. The fraction of sp³-hybridized carbons (Fsp3) is 0.875. The van der Waals surface area contributed by atoms with Crippen molar-refractivity contribution in [1.82, 2.24) is 10.2 Å². The van der Waals surface area contributed by atoms with Gasteiger partial charge in [0.15, 0.2) is 0 Å². The van der Waals surface area contributed by atoms with Crippen LogP contribution in [0, 0.1) is 11.8 Å². The summed E-state index contributed by atoms with van der Waals surface area (Å²) in [4.78, 5) is 24.9. The molecular weight excluding hydrogens is 268 g/mol. The van der Waals surface area contributed by atoms with Crippen LogP contribution in [-0.2, 0) is 4.79 Å². The molecule has 1 saturated carbocycles. The van der Waals surface area contributed by atoms with Crippen LogP contribution in [-0.4, -0.2) is 40.6 Å². The number of hydrogen-bond donors (Lipinski definition) is 2. The second kappa shape index (κ2) is 8.25. The molecule has 1 aliphatic carbocycles. The number of hydrogen-bond acceptors (Lipinski definition) is 2. The van der Waals surface area contributed by atoms with Gasteiger partial charge < -0.3 is 15.3 Å². The first-order valence-electron chi connectivity index (χ1n) is 8.11. The van der Waals surface area contributed by atoms with Gasteiger partial charge in [-0.1, -0.05) is 13.3 Å². The second-order valence-corrected chi connectivity index (χ2v) is 6.71. The van der Waals surface area contributed by atoms with E-state index in [4.69, 9.17) is 5.11 Å². The zero-order valence-electron chi connectivity index (χ0n) is 13.8. The van der Waals surface area contributed by atoms with Gasteiger partial charge in [0.1, 0.15) is 0 Å². The average molecular weight is 298 g/mol. The number of nitrogens with one attached hydrogen (secondary N) is 1. The van der Waals surface area contributed by atoms with Crippen LogP contribution in [0.1, 0.15) is 59.8 Å². The summed E-state index contributed by atoms with van der Waals surface area (Å²) in [6.07, 6.45) is 4.77. The summed E-state index contributed by atoms with van der Waals surface area (Å²) >= 11 is 0. The van der Waals surface area contributed by atoms with E-state index in [2.05, 4.69) is 5.32 Å². The summed E-state index contributed by atoms with van der Waals surface area (Å²) in [5.74, 6) is -0.373. The molecular formula is C16H30N2O3. The first-order chi connectivity index (χ1) is 9.81. The SMILES string of the molecule is CC(CCCC(C)C(=O)O)NC(=O)N(CC1CC1)C(C)C. The Kier molecular flexibility index (Phi) is 6.99. The van der Waals surface area contributed by atoms with Crippen molar-refractivity contribution in [2.75, 3.05) is 6.54 Å². The molecule has 1 aliphatic rings. The normalized spacial score (nSPS) is 17.4. The summed E-state index contributed by atoms with van der Waals surface area (Å²) in [5.41, 5.74) is 0. The highest BCUT2D eigenvalue weighted by molar-refractivity contribution is 5.74. The topological polar surface area (TPSA) is 69.6 Å². The van der Waals surface area contributed by atoms with Gasteiger partial charge in [-0.2, -0.15) is 0 Å². The first-order valence-corrected chi connectivity index (χ1v) is 8.11. The first kappa shape index (κ1) is 17.8. The number of carboxylic acids is 1. The summed E-state index contributed by atoms with van der Waals surface area (Å²) in [5, 5.41) is 11.9. The molecule has 0 heterocycles. The third-order valence-corrected chi connectivity index (χ3v) is 4.10. The van der Waals surface area contributed by atoms with Crippen molar-refractivity contribution in [2.24, 2.45) is 11.8 Å². The number of amides is 2. The van der Waals surface area contributed by atoms with E-state index in [1.165, 1.54) is 12.8 Å². The van der Waals surface area contributed by atoms with Crippen molar-refractivity contribution in [3.8, 4) is 0 Å². The molecule has 2 N–H and O–H groups in total. The zero-order valence-corrected chi connectivity index (χ0v) is 13.8. The van der Waals surface area contributed by atoms with Crippen LogP contribution in [0.25, 0.3) is 0 Å². The van der Waals surface area contributed by atoms with Crippen LogP contribution in [0.2, 0.25) is 0 Å². The van der Waals surface area contributed by atoms with E-state index >= 15 is 0 Å². The third kappa shape index (κ3) is 6.82. The highest BCUT2D eigenvalue weighted by atomic mass is 16.4. The fourth-order valence-corrected chi connectivity index (χ4v) is 2.33. The molecule has 0 aromatic heterocycles. The molecule has 21 heavy (non-hydrogen) atoms. The molecule has 0 aromatic rings. The van der Waals surface area contributed by atoms with Crippen LogP contribution in [0.4, 0.5) is 4.79 Å². The minimum absolute atomic E-state index is 0.00989. The zero-order chi connectivity index (χ0) is 16.0. The lowest BCUT2D eigenvalue weighted by Gasteiger charge is -2.28. The van der Waals surface area contributed by atoms with Gasteiger partial charge in [-0.3, -0.25) is 4.79 Å². The van der Waals surface area contributed by atoms with Gasteiger partial charge in [-0.15, -0.1) is 0 Å². The summed E-state index contributed by atoms with van der Waals surface area (Å²) in [7, 11) is 0. The molecule has 0 radical (unpaired) electrons. The van der Waals surface area contributed by atoms with Gasteiger partial charge in [-0.05, 0) is 52.4 Å². The standard InChI is InChI=1S/C16H30N2O3/c1-11(2)18(10-14-8-9-14)16(21)17-13(4)7-5-6-12(3)15(19)20/h11-14H,5-10H2,1-4H3,(H,17,21)(H,19,20). The Labute approximate surface area is 128 Å². The lowest BCUT2D eigenvalue weighted by atomic mass is 10.0. The van der Waals surface area contributed by atoms with Crippen LogP contribution in [0.5, 0.6) is 0 Å². The number of carboxylic acid groups (broad SMARTS) is 1. The van der Waals surface area contributed by atoms with E-state index in [0.717, 1.165) is 19.4 Å². The molecule has 1 fully saturated rings.